The summed E-state index contributed by atoms with van der Waals surface area (Å²) in [5.74, 6) is 1.65. The van der Waals surface area contributed by atoms with Gasteiger partial charge in [0.25, 0.3) is 0 Å². The van der Waals surface area contributed by atoms with Gasteiger partial charge in [0.1, 0.15) is 0 Å². The largest absolute Gasteiger partial charge is 0.438 e. The molecule has 2 heterocycles. The van der Waals surface area contributed by atoms with E-state index in [4.69, 9.17) is 4.42 Å². The molecule has 0 aliphatic rings. The summed E-state index contributed by atoms with van der Waals surface area (Å²) in [6.07, 6.45) is 2.85. The van der Waals surface area contributed by atoms with Crippen LogP contribution in [0.4, 0.5) is 0 Å². The number of oxazole rings is 1. The maximum absolute atomic E-state index is 5.82. The van der Waals surface area contributed by atoms with Crippen LogP contribution < -0.4 is 5.32 Å². The van der Waals surface area contributed by atoms with Gasteiger partial charge < -0.3 is 9.73 Å². The number of hydrogen-bond donors (Lipinski definition) is 1. The zero-order chi connectivity index (χ0) is 12.3. The summed E-state index contributed by atoms with van der Waals surface area (Å²) in [5, 5.41) is 5.40. The fraction of sp³-hybridized carbons (Fsp3) is 0.462. The third kappa shape index (κ3) is 2.58. The summed E-state index contributed by atoms with van der Waals surface area (Å²) in [7, 11) is 0. The Kier molecular flexibility index (Phi) is 3.97. The molecular weight excluding hydrogens is 232 g/mol. The summed E-state index contributed by atoms with van der Waals surface area (Å²) in [4.78, 5) is 5.55. The minimum atomic E-state index is 0.166. The fourth-order valence-electron chi connectivity index (χ4n) is 1.82. The molecule has 0 fully saturated rings. The zero-order valence-electron chi connectivity index (χ0n) is 10.5. The van der Waals surface area contributed by atoms with Gasteiger partial charge in [-0.2, -0.15) is 0 Å². The standard InChI is InChI=1S/C13H18N2OS/c1-4-10-6-7-17-12(10)11-8-15-13(16-11)9(3)14-5-2/h6-9,14H,4-5H2,1-3H3. The third-order valence-corrected chi connectivity index (χ3v) is 3.73. The molecule has 0 saturated heterocycles. The van der Waals surface area contributed by atoms with Crippen LogP contribution in [-0.4, -0.2) is 11.5 Å². The molecule has 2 rings (SSSR count). The van der Waals surface area contributed by atoms with Crippen LogP contribution in [-0.2, 0) is 6.42 Å². The monoisotopic (exact) mass is 250 g/mol. The maximum atomic E-state index is 5.82. The molecule has 0 aliphatic heterocycles. The van der Waals surface area contributed by atoms with Crippen LogP contribution in [0, 0.1) is 0 Å². The molecule has 92 valence electrons. The normalized spacial score (nSPS) is 12.9. The summed E-state index contributed by atoms with van der Waals surface area (Å²) >= 11 is 1.71. The Morgan fingerprint density at radius 3 is 3.00 bits per heavy atom. The summed E-state index contributed by atoms with van der Waals surface area (Å²) in [5.41, 5.74) is 1.33. The fourth-order valence-corrected chi connectivity index (χ4v) is 2.76. The van der Waals surface area contributed by atoms with E-state index >= 15 is 0 Å². The Morgan fingerprint density at radius 1 is 1.47 bits per heavy atom. The van der Waals surface area contributed by atoms with Crippen LogP contribution in [0.2, 0.25) is 0 Å². The van der Waals surface area contributed by atoms with Crippen molar-refractivity contribution in [1.82, 2.24) is 10.3 Å². The molecule has 4 heteroatoms. The van der Waals surface area contributed by atoms with Crippen LogP contribution in [0.25, 0.3) is 10.6 Å². The van der Waals surface area contributed by atoms with Crippen LogP contribution in [0.1, 0.15) is 38.3 Å². The Hall–Kier alpha value is -1.13. The van der Waals surface area contributed by atoms with Gasteiger partial charge in [0.05, 0.1) is 17.1 Å². The summed E-state index contributed by atoms with van der Waals surface area (Å²) < 4.78 is 5.82. The van der Waals surface area contributed by atoms with E-state index in [9.17, 15) is 0 Å². The van der Waals surface area contributed by atoms with E-state index in [1.807, 2.05) is 6.20 Å². The van der Waals surface area contributed by atoms with Gasteiger partial charge in [-0.1, -0.05) is 13.8 Å². The van der Waals surface area contributed by atoms with Crippen LogP contribution in [0.5, 0.6) is 0 Å². The number of nitrogens with zero attached hydrogens (tertiary/aromatic N) is 1. The average Bonchev–Trinajstić information content (AvgIpc) is 2.97. The second-order valence-corrected chi connectivity index (χ2v) is 4.89. The van der Waals surface area contributed by atoms with E-state index in [0.29, 0.717) is 0 Å². The highest BCUT2D eigenvalue weighted by atomic mass is 32.1. The first kappa shape index (κ1) is 12.3. The Labute approximate surface area is 106 Å². The minimum absolute atomic E-state index is 0.166. The molecule has 17 heavy (non-hydrogen) atoms. The van der Waals surface area contributed by atoms with Gasteiger partial charge in [0.2, 0.25) is 5.89 Å². The number of aryl methyl sites for hydroxylation is 1. The lowest BCUT2D eigenvalue weighted by atomic mass is 10.2. The maximum Gasteiger partial charge on any atom is 0.211 e. The molecule has 1 atom stereocenters. The molecule has 1 N–H and O–H groups in total. The molecule has 2 aromatic rings. The number of hydrogen-bond acceptors (Lipinski definition) is 4. The van der Waals surface area contributed by atoms with E-state index in [-0.39, 0.29) is 6.04 Å². The molecule has 0 saturated carbocycles. The second-order valence-electron chi connectivity index (χ2n) is 3.97. The molecule has 2 aromatic heterocycles. The van der Waals surface area contributed by atoms with Crippen LogP contribution in [0.15, 0.2) is 22.1 Å². The van der Waals surface area contributed by atoms with E-state index in [0.717, 1.165) is 24.6 Å². The van der Waals surface area contributed by atoms with Crippen molar-refractivity contribution in [3.05, 3.63) is 29.1 Å². The van der Waals surface area contributed by atoms with E-state index < -0.39 is 0 Å². The smallest absolute Gasteiger partial charge is 0.211 e. The zero-order valence-corrected chi connectivity index (χ0v) is 11.3. The molecule has 1 unspecified atom stereocenters. The molecule has 0 bridgehead atoms. The van der Waals surface area contributed by atoms with Gasteiger partial charge in [0.15, 0.2) is 5.76 Å². The van der Waals surface area contributed by atoms with Crippen molar-refractivity contribution < 1.29 is 4.42 Å². The number of rotatable bonds is 5. The van der Waals surface area contributed by atoms with Crippen molar-refractivity contribution in [2.75, 3.05) is 6.54 Å². The van der Waals surface area contributed by atoms with Gasteiger partial charge in [-0.15, -0.1) is 11.3 Å². The average molecular weight is 250 g/mol. The van der Waals surface area contributed by atoms with Gasteiger partial charge in [-0.3, -0.25) is 0 Å². The number of aromatic nitrogens is 1. The molecule has 0 spiro atoms. The molecule has 3 nitrogen and oxygen atoms in total. The summed E-state index contributed by atoms with van der Waals surface area (Å²) in [6.45, 7) is 7.21. The van der Waals surface area contributed by atoms with Crippen molar-refractivity contribution in [3.63, 3.8) is 0 Å². The van der Waals surface area contributed by atoms with E-state index in [1.54, 1.807) is 11.3 Å². The predicted octanol–water partition coefficient (Wildman–Crippen LogP) is 3.64. The first-order valence-electron chi connectivity index (χ1n) is 6.02. The van der Waals surface area contributed by atoms with Crippen LogP contribution >= 0.6 is 11.3 Å². The van der Waals surface area contributed by atoms with Gasteiger partial charge >= 0.3 is 0 Å². The van der Waals surface area contributed by atoms with E-state index in [2.05, 4.69) is 42.5 Å². The predicted molar refractivity (Wildman–Crippen MR) is 71.3 cm³/mol. The highest BCUT2D eigenvalue weighted by Gasteiger charge is 2.14. The minimum Gasteiger partial charge on any atom is -0.438 e. The molecule has 0 amide bonds. The van der Waals surface area contributed by atoms with Crippen molar-refractivity contribution in [2.45, 2.75) is 33.2 Å². The van der Waals surface area contributed by atoms with Gasteiger partial charge in [-0.05, 0) is 36.9 Å². The first-order chi connectivity index (χ1) is 8.26. The lowest BCUT2D eigenvalue weighted by Gasteiger charge is -2.06. The number of nitrogens with one attached hydrogen (secondary N) is 1. The topological polar surface area (TPSA) is 38.1 Å². The third-order valence-electron chi connectivity index (χ3n) is 2.76. The van der Waals surface area contributed by atoms with E-state index in [1.165, 1.54) is 10.4 Å². The highest BCUT2D eigenvalue weighted by Crippen LogP contribution is 2.31. The SMILES string of the molecule is CCNC(C)c1ncc(-c2sccc2CC)o1. The Balaban J connectivity index is 2.23. The second kappa shape index (κ2) is 5.47. The van der Waals surface area contributed by atoms with Crippen LogP contribution in [0.3, 0.4) is 0 Å². The quantitative estimate of drug-likeness (QED) is 0.880. The first-order valence-corrected chi connectivity index (χ1v) is 6.90. The number of thiophene rings is 1. The molecule has 0 aromatic carbocycles. The Bertz CT molecular complexity index is 475. The van der Waals surface area contributed by atoms with Crippen molar-refractivity contribution in [2.24, 2.45) is 0 Å². The van der Waals surface area contributed by atoms with Crippen molar-refractivity contribution >= 4 is 11.3 Å². The molecular formula is C13H18N2OS. The molecule has 0 aliphatic carbocycles. The lowest BCUT2D eigenvalue weighted by Crippen LogP contribution is -2.17. The van der Waals surface area contributed by atoms with Crippen molar-refractivity contribution in [3.8, 4) is 10.6 Å². The summed E-state index contributed by atoms with van der Waals surface area (Å²) in [6, 6.07) is 2.31. The van der Waals surface area contributed by atoms with Gasteiger partial charge in [-0.25, -0.2) is 4.98 Å². The lowest BCUT2D eigenvalue weighted by molar-refractivity contribution is 0.429. The Morgan fingerprint density at radius 2 is 2.29 bits per heavy atom. The van der Waals surface area contributed by atoms with Gasteiger partial charge in [0, 0.05) is 0 Å². The molecule has 0 radical (unpaired) electrons. The van der Waals surface area contributed by atoms with Crippen molar-refractivity contribution in [1.29, 1.82) is 0 Å². The highest BCUT2D eigenvalue weighted by molar-refractivity contribution is 7.13.